The summed E-state index contributed by atoms with van der Waals surface area (Å²) in [6.45, 7) is 29.0. The zero-order valence-corrected chi connectivity index (χ0v) is 64.9. The summed E-state index contributed by atoms with van der Waals surface area (Å²) in [4.78, 5) is 96.8. The summed E-state index contributed by atoms with van der Waals surface area (Å²) in [5.41, 5.74) is -0.120. The van der Waals surface area contributed by atoms with Crippen LogP contribution in [0.15, 0.2) is 101 Å². The Morgan fingerprint density at radius 2 is 0.556 bits per heavy atom. The van der Waals surface area contributed by atoms with Gasteiger partial charge >= 0.3 is 101 Å². The summed E-state index contributed by atoms with van der Waals surface area (Å²) in [6, 6.07) is 0. The van der Waals surface area contributed by atoms with Gasteiger partial charge in [-0.3, -0.25) is 4.79 Å². The summed E-state index contributed by atoms with van der Waals surface area (Å²) >= 11 is 0. The molecule has 1 atom stereocenters. The van der Waals surface area contributed by atoms with Gasteiger partial charge in [-0.15, -0.1) is 0 Å². The predicted octanol–water partition coefficient (Wildman–Crippen LogP) is 7.98. The molecule has 0 fully saturated rings. The van der Waals surface area contributed by atoms with Crippen LogP contribution < -0.4 is 0 Å². The molecule has 0 aromatic carbocycles. The molecule has 46 heteroatoms. The van der Waals surface area contributed by atoms with E-state index in [4.69, 9.17) is 71.4 Å². The summed E-state index contributed by atoms with van der Waals surface area (Å²) in [7, 11) is 1.61. The third-order valence-electron chi connectivity index (χ3n) is 12.9. The molecule has 0 saturated heterocycles. The quantitative estimate of drug-likeness (QED) is 0.0191. The number of carbonyl (C=O) groups is 9. The van der Waals surface area contributed by atoms with Gasteiger partial charge in [-0.05, 0) is 13.3 Å². The second-order valence-electron chi connectivity index (χ2n) is 22.7. The molecule has 30 nitrogen and oxygen atoms in total. The van der Waals surface area contributed by atoms with Crippen LogP contribution in [0.4, 0.5) is 70.2 Å². The summed E-state index contributed by atoms with van der Waals surface area (Å²) in [6.07, 6.45) is 4.10. The number of halogens is 16. The van der Waals surface area contributed by atoms with Crippen molar-refractivity contribution < 1.29 is 214 Å². The lowest BCUT2D eigenvalue weighted by Crippen LogP contribution is -2.64. The first-order valence-corrected chi connectivity index (χ1v) is 34.0. The first-order chi connectivity index (χ1) is 54.5. The van der Waals surface area contributed by atoms with Crippen molar-refractivity contribution in [1.29, 1.82) is 0 Å². The van der Waals surface area contributed by atoms with E-state index in [1.165, 1.54) is 6.92 Å². The zero-order valence-electron chi connectivity index (χ0n) is 64.9. The molecular weight excluding hydrogens is 1640 g/mol. The topological polar surface area (TPSA) is 369 Å². The van der Waals surface area contributed by atoms with E-state index in [0.717, 1.165) is 24.6 Å². The van der Waals surface area contributed by atoms with Crippen LogP contribution in [0.3, 0.4) is 0 Å². The molecule has 0 saturated carbocycles. The minimum absolute atomic E-state index is 0.0248. The van der Waals surface area contributed by atoms with Gasteiger partial charge < -0.3 is 100 Å². The van der Waals surface area contributed by atoms with Gasteiger partial charge in [0.15, 0.2) is 26.4 Å². The van der Waals surface area contributed by atoms with Crippen LogP contribution in [0.25, 0.3) is 0 Å². The molecule has 0 aliphatic rings. The molecule has 0 aromatic heterocycles. The first kappa shape index (κ1) is 117. The number of hydrogen-bond acceptors (Lipinski definition) is 30. The SMILES string of the molecule is C=C(C)C(=O)OCC(O)COC(=O)C(C)C.C=CC(=O)OCC(F)(F)C(F)(F)C(F)(F)C(F)(F)COC(=O)C=C.C=CC(=O)OCC(F)(F)C(F)(F)C(F)(F)C(F)(F)COC(=O)C=C.C=CC(=O)OCCOCC(CC)(COCCOC)COCCOC(=O)C=C.C=CC(=O)OCCOCCOCCOCCOCCOCCOCCO. The summed E-state index contributed by atoms with van der Waals surface area (Å²) < 4.78 is 303. The van der Waals surface area contributed by atoms with Gasteiger partial charge in [0.05, 0.1) is 138 Å². The van der Waals surface area contributed by atoms with Crippen LogP contribution in [0, 0.1) is 11.3 Å². The van der Waals surface area contributed by atoms with Crippen molar-refractivity contribution in [3.05, 3.63) is 101 Å². The van der Waals surface area contributed by atoms with Crippen molar-refractivity contribution in [2.24, 2.45) is 11.3 Å². The van der Waals surface area contributed by atoms with E-state index in [0.29, 0.717) is 112 Å². The summed E-state index contributed by atoms with van der Waals surface area (Å²) in [5.74, 6) is -59.3. The third kappa shape index (κ3) is 52.2. The lowest BCUT2D eigenvalue weighted by Gasteiger charge is -2.36. The highest BCUT2D eigenvalue weighted by atomic mass is 19.4. The largest absolute Gasteiger partial charge is 0.463 e. The number of methoxy groups -OCH3 is 1. The maximum atomic E-state index is 13.3. The van der Waals surface area contributed by atoms with Crippen LogP contribution in [0.1, 0.15) is 34.1 Å². The average Bonchev–Trinajstić information content (AvgIpc) is 0.747. The average molecular weight is 1740 g/mol. The number of esters is 9. The Hall–Kier alpha value is -8.45. The fourth-order valence-corrected chi connectivity index (χ4v) is 6.34. The van der Waals surface area contributed by atoms with E-state index >= 15 is 0 Å². The summed E-state index contributed by atoms with van der Waals surface area (Å²) in [5, 5.41) is 17.8. The van der Waals surface area contributed by atoms with E-state index < -0.39 is 134 Å². The number of carbonyl (C=O) groups excluding carboxylic acids is 9. The molecule has 1 unspecified atom stereocenters. The second kappa shape index (κ2) is 64.5. The molecule has 0 rings (SSSR count). The minimum atomic E-state index is -6.65. The van der Waals surface area contributed by atoms with Gasteiger partial charge in [-0.25, -0.2) is 38.4 Å². The second-order valence-corrected chi connectivity index (χ2v) is 22.7. The molecule has 0 spiro atoms. The first-order valence-electron chi connectivity index (χ1n) is 34.0. The number of ether oxygens (including phenoxy) is 19. The maximum absolute atomic E-state index is 13.3. The normalized spacial score (nSPS) is 12.0. The number of aliphatic hydroxyl groups excluding tert-OH is 2. The fourth-order valence-electron chi connectivity index (χ4n) is 6.34. The van der Waals surface area contributed by atoms with E-state index in [1.54, 1.807) is 21.0 Å². The monoisotopic (exact) mass is 1740 g/mol. The van der Waals surface area contributed by atoms with Crippen LogP contribution in [0.5, 0.6) is 0 Å². The van der Waals surface area contributed by atoms with Gasteiger partial charge in [0, 0.05) is 60.6 Å². The fraction of sp³-hybridized carbons (Fsp3) is 0.648. The van der Waals surface area contributed by atoms with Crippen LogP contribution in [0.2, 0.25) is 0 Å². The van der Waals surface area contributed by atoms with E-state index in [-0.39, 0.29) is 94.1 Å². The molecular formula is C71H102F16O30. The highest BCUT2D eigenvalue weighted by molar-refractivity contribution is 5.87. The molecule has 0 aliphatic heterocycles. The molecule has 0 radical (unpaired) electrons. The van der Waals surface area contributed by atoms with E-state index in [1.807, 2.05) is 6.92 Å². The molecule has 0 bridgehead atoms. The Labute approximate surface area is 664 Å². The Balaban J connectivity index is -0.000000451. The maximum Gasteiger partial charge on any atom is 0.381 e. The lowest BCUT2D eigenvalue weighted by molar-refractivity contribution is -0.374. The van der Waals surface area contributed by atoms with Gasteiger partial charge in [0.1, 0.15) is 39.1 Å². The van der Waals surface area contributed by atoms with Crippen LogP contribution in [-0.2, 0) is 133 Å². The molecule has 0 heterocycles. The highest BCUT2D eigenvalue weighted by Gasteiger charge is 2.82. The van der Waals surface area contributed by atoms with Gasteiger partial charge in [0.25, 0.3) is 0 Å². The Bertz CT molecular complexity index is 2730. The molecule has 678 valence electrons. The van der Waals surface area contributed by atoms with E-state index in [9.17, 15) is 119 Å². The van der Waals surface area contributed by atoms with Crippen molar-refractivity contribution in [1.82, 2.24) is 0 Å². The van der Waals surface area contributed by atoms with Crippen LogP contribution in [-0.4, -0.2) is 316 Å². The smallest absolute Gasteiger partial charge is 0.381 e. The van der Waals surface area contributed by atoms with Gasteiger partial charge in [-0.1, -0.05) is 73.4 Å². The molecule has 0 aliphatic carbocycles. The van der Waals surface area contributed by atoms with E-state index in [2.05, 4.69) is 76.3 Å². The van der Waals surface area contributed by atoms with Crippen LogP contribution >= 0.6 is 0 Å². The Morgan fingerprint density at radius 1 is 0.333 bits per heavy atom. The predicted molar refractivity (Wildman–Crippen MR) is 374 cm³/mol. The molecule has 0 aromatic rings. The van der Waals surface area contributed by atoms with Gasteiger partial charge in [0.2, 0.25) is 0 Å². The number of hydrogen-bond donors (Lipinski definition) is 2. The molecule has 117 heavy (non-hydrogen) atoms. The molecule has 2 N–H and O–H groups in total. The minimum Gasteiger partial charge on any atom is -0.463 e. The Kier molecular flexibility index (Phi) is 64.6. The number of aliphatic hydroxyl groups is 2. The van der Waals surface area contributed by atoms with Gasteiger partial charge in [-0.2, -0.15) is 70.2 Å². The highest BCUT2D eigenvalue weighted by Crippen LogP contribution is 2.54. The number of alkyl halides is 16. The third-order valence-corrected chi connectivity index (χ3v) is 12.9. The van der Waals surface area contributed by atoms with Crippen molar-refractivity contribution in [3.63, 3.8) is 0 Å². The van der Waals surface area contributed by atoms with Crippen molar-refractivity contribution >= 4 is 53.7 Å². The Morgan fingerprint density at radius 3 is 0.778 bits per heavy atom. The standard InChI is InChI=1S/C19H32O8.C17H32O9.2C12H10F8O4.C11H18O5/c1-5-17(20)26-12-10-24-15-19(7-3,14-23-9-8-22-4)16-25-11-13-27-18(21)6-2;1-2-17(19)26-16-15-25-14-13-24-12-11-23-10-9-22-8-7-21-6-5-20-4-3-18;2*1-3-7(21)23-5-9(13,14)11(17,18)12(19,20)10(15,16)6-24-8(22)4-2;1-7(2)10(13)15-5-9(12)6-16-11(14)8(3)4/h5-6H,1-2,7-16H2,3-4H3;2,18H,1,3-16H2;2*3-4H,1-2,5-6H2;8-9,12H,1,5-6H2,2-4H3. The lowest BCUT2D eigenvalue weighted by atomic mass is 9.88. The molecule has 0 amide bonds. The zero-order chi connectivity index (χ0) is 91.0. The van der Waals surface area contributed by atoms with Crippen molar-refractivity contribution in [2.75, 3.05) is 199 Å². The number of rotatable bonds is 63. The van der Waals surface area contributed by atoms with Crippen molar-refractivity contribution in [3.8, 4) is 0 Å². The van der Waals surface area contributed by atoms with Crippen molar-refractivity contribution in [2.45, 2.75) is 87.6 Å².